The number of nitro groups is 1. The Morgan fingerprint density at radius 1 is 1.26 bits per heavy atom. The fourth-order valence-corrected chi connectivity index (χ4v) is 6.45. The molecule has 4 heterocycles. The van der Waals surface area contributed by atoms with Crippen LogP contribution in [0.3, 0.4) is 0 Å². The molecule has 6 rings (SSSR count). The zero-order valence-electron chi connectivity index (χ0n) is 19.8. The van der Waals surface area contributed by atoms with E-state index in [9.17, 15) is 14.9 Å². The number of aromatic amines is 1. The molecule has 8 heteroatoms. The highest BCUT2D eigenvalue weighted by Gasteiger charge is 2.52. The molecule has 0 radical (unpaired) electrons. The van der Waals surface area contributed by atoms with E-state index in [0.717, 1.165) is 60.3 Å². The molecule has 3 aliphatic rings. The van der Waals surface area contributed by atoms with Crippen LogP contribution < -0.4 is 4.74 Å². The number of ether oxygens (including phenoxy) is 2. The molecule has 2 fully saturated rings. The molecule has 1 N–H and O–H groups in total. The van der Waals surface area contributed by atoms with Crippen molar-refractivity contribution in [2.75, 3.05) is 13.1 Å². The number of rotatable bonds is 4. The van der Waals surface area contributed by atoms with Crippen molar-refractivity contribution >= 4 is 22.6 Å². The standard InChI is InChI=1S/C27H29N3O5/c1-17-24(26(31)34-16-18-6-4-8-20(14-18)30(32)33)25-21-15-19-7-5-13-29-12-3-2-11-27(19,29)35-23(21)10-9-22(25)28-17/h4,6,8-10,14,19,28H,2-3,5,7,11-13,15-16H2,1H3. The predicted octanol–water partition coefficient (Wildman–Crippen LogP) is 5.27. The topological polar surface area (TPSA) is 97.7 Å². The summed E-state index contributed by atoms with van der Waals surface area (Å²) in [5, 5.41) is 12.0. The van der Waals surface area contributed by atoms with Crippen LogP contribution in [0.2, 0.25) is 0 Å². The molecule has 1 aromatic heterocycles. The first-order valence-corrected chi connectivity index (χ1v) is 12.4. The molecule has 1 spiro atoms. The minimum absolute atomic E-state index is 0.0220. The summed E-state index contributed by atoms with van der Waals surface area (Å²) in [6, 6.07) is 10.2. The van der Waals surface area contributed by atoms with Gasteiger partial charge in [-0.25, -0.2) is 4.79 Å². The molecule has 3 aliphatic heterocycles. The highest BCUT2D eigenvalue weighted by atomic mass is 16.6. The second-order valence-electron chi connectivity index (χ2n) is 10.0. The zero-order valence-corrected chi connectivity index (χ0v) is 19.8. The number of carbonyl (C=O) groups is 1. The van der Waals surface area contributed by atoms with Gasteiger partial charge in [0.2, 0.25) is 0 Å². The Labute approximate surface area is 203 Å². The number of esters is 1. The number of nitrogens with one attached hydrogen (secondary N) is 1. The van der Waals surface area contributed by atoms with Crippen LogP contribution in [0.5, 0.6) is 5.75 Å². The monoisotopic (exact) mass is 475 g/mol. The van der Waals surface area contributed by atoms with Crippen molar-refractivity contribution in [3.8, 4) is 5.75 Å². The summed E-state index contributed by atoms with van der Waals surface area (Å²) in [6.07, 6.45) is 6.64. The zero-order chi connectivity index (χ0) is 24.2. The number of carbonyl (C=O) groups excluding carboxylic acids is 1. The van der Waals surface area contributed by atoms with Gasteiger partial charge in [0.1, 0.15) is 12.4 Å². The van der Waals surface area contributed by atoms with Crippen LogP contribution in [0.1, 0.15) is 59.3 Å². The quantitative estimate of drug-likeness (QED) is 0.314. The number of non-ortho nitro benzene ring substituents is 1. The Morgan fingerprint density at radius 3 is 2.97 bits per heavy atom. The summed E-state index contributed by atoms with van der Waals surface area (Å²) >= 11 is 0. The molecule has 2 aromatic carbocycles. The largest absolute Gasteiger partial charge is 0.472 e. The Kier molecular flexibility index (Phi) is 5.29. The van der Waals surface area contributed by atoms with Crippen molar-refractivity contribution < 1.29 is 19.2 Å². The SMILES string of the molecule is Cc1[nH]c2ccc3c(c2c1C(=O)OCc1cccc([N+](=O)[O-])c1)CC1CCCN2CCCCC12O3. The smallest absolute Gasteiger partial charge is 0.340 e. The highest BCUT2D eigenvalue weighted by molar-refractivity contribution is 6.07. The van der Waals surface area contributed by atoms with Gasteiger partial charge in [0.15, 0.2) is 5.72 Å². The number of aromatic nitrogens is 1. The number of benzene rings is 2. The molecule has 0 bridgehead atoms. The lowest BCUT2D eigenvalue weighted by Crippen LogP contribution is -2.64. The van der Waals surface area contributed by atoms with Gasteiger partial charge in [-0.2, -0.15) is 0 Å². The van der Waals surface area contributed by atoms with Gasteiger partial charge in [0, 0.05) is 59.7 Å². The van der Waals surface area contributed by atoms with Crippen LogP contribution in [-0.2, 0) is 17.8 Å². The van der Waals surface area contributed by atoms with E-state index in [1.54, 1.807) is 12.1 Å². The van der Waals surface area contributed by atoms with Crippen molar-refractivity contribution in [3.63, 3.8) is 0 Å². The van der Waals surface area contributed by atoms with Crippen LogP contribution in [0.4, 0.5) is 5.69 Å². The average molecular weight is 476 g/mol. The van der Waals surface area contributed by atoms with Crippen LogP contribution >= 0.6 is 0 Å². The minimum atomic E-state index is -0.451. The summed E-state index contributed by atoms with van der Waals surface area (Å²) in [5.74, 6) is 0.838. The normalized spacial score (nSPS) is 23.6. The van der Waals surface area contributed by atoms with E-state index in [2.05, 4.69) is 9.88 Å². The number of fused-ring (bicyclic) bond motifs is 3. The van der Waals surface area contributed by atoms with Gasteiger partial charge in [-0.3, -0.25) is 15.0 Å². The van der Waals surface area contributed by atoms with Crippen molar-refractivity contribution in [2.45, 2.75) is 57.8 Å². The maximum absolute atomic E-state index is 13.3. The number of aryl methyl sites for hydroxylation is 1. The van der Waals surface area contributed by atoms with E-state index in [4.69, 9.17) is 9.47 Å². The van der Waals surface area contributed by atoms with Crippen molar-refractivity contribution in [3.05, 3.63) is 68.9 Å². The number of nitro benzene ring substituents is 1. The van der Waals surface area contributed by atoms with Gasteiger partial charge in [0.05, 0.1) is 10.5 Å². The summed E-state index contributed by atoms with van der Waals surface area (Å²) < 4.78 is 12.5. The van der Waals surface area contributed by atoms with E-state index < -0.39 is 10.9 Å². The lowest BCUT2D eigenvalue weighted by Gasteiger charge is -2.56. The first kappa shape index (κ1) is 22.1. The fourth-order valence-electron chi connectivity index (χ4n) is 6.45. The molecule has 2 saturated heterocycles. The molecule has 182 valence electrons. The molecule has 0 aliphatic carbocycles. The third-order valence-corrected chi connectivity index (χ3v) is 8.02. The molecule has 35 heavy (non-hydrogen) atoms. The maximum atomic E-state index is 13.3. The Morgan fingerprint density at radius 2 is 2.11 bits per heavy atom. The number of hydrogen-bond acceptors (Lipinski definition) is 6. The fraction of sp³-hybridized carbons (Fsp3) is 0.444. The molecule has 2 atom stereocenters. The van der Waals surface area contributed by atoms with E-state index in [1.807, 2.05) is 19.1 Å². The number of nitrogens with zero attached hydrogens (tertiary/aromatic N) is 2. The second kappa shape index (κ2) is 8.37. The molecular weight excluding hydrogens is 446 g/mol. The van der Waals surface area contributed by atoms with Gasteiger partial charge < -0.3 is 14.5 Å². The second-order valence-corrected chi connectivity index (χ2v) is 10.0. The predicted molar refractivity (Wildman–Crippen MR) is 130 cm³/mol. The molecule has 2 unspecified atom stereocenters. The molecule has 0 saturated carbocycles. The average Bonchev–Trinajstić information content (AvgIpc) is 3.21. The first-order valence-electron chi connectivity index (χ1n) is 12.4. The number of piperidine rings is 2. The van der Waals surface area contributed by atoms with Crippen LogP contribution in [-0.4, -0.2) is 39.6 Å². The van der Waals surface area contributed by atoms with Crippen molar-refractivity contribution in [2.24, 2.45) is 5.92 Å². The minimum Gasteiger partial charge on any atom is -0.472 e. The molecule has 3 aromatic rings. The van der Waals surface area contributed by atoms with Gasteiger partial charge in [-0.1, -0.05) is 12.1 Å². The summed E-state index contributed by atoms with van der Waals surface area (Å²) in [6.45, 7) is 4.03. The lowest BCUT2D eigenvalue weighted by atomic mass is 9.74. The Balaban J connectivity index is 1.34. The number of H-pyrrole nitrogens is 1. The number of hydrogen-bond donors (Lipinski definition) is 1. The molecule has 8 nitrogen and oxygen atoms in total. The molecular formula is C27H29N3O5. The summed E-state index contributed by atoms with van der Waals surface area (Å²) in [7, 11) is 0. The maximum Gasteiger partial charge on any atom is 0.340 e. The van der Waals surface area contributed by atoms with Crippen molar-refractivity contribution in [1.29, 1.82) is 0 Å². The highest BCUT2D eigenvalue weighted by Crippen LogP contribution is 2.50. The third kappa shape index (κ3) is 3.58. The first-order chi connectivity index (χ1) is 17.0. The van der Waals surface area contributed by atoms with Gasteiger partial charge in [0.25, 0.3) is 5.69 Å². The van der Waals surface area contributed by atoms with E-state index in [0.29, 0.717) is 17.0 Å². The van der Waals surface area contributed by atoms with Crippen LogP contribution in [0, 0.1) is 23.0 Å². The van der Waals surface area contributed by atoms with Crippen LogP contribution in [0.25, 0.3) is 10.9 Å². The lowest BCUT2D eigenvalue weighted by molar-refractivity contribution is -0.384. The Hall–Kier alpha value is -3.39. The van der Waals surface area contributed by atoms with E-state index in [1.165, 1.54) is 31.4 Å². The van der Waals surface area contributed by atoms with E-state index >= 15 is 0 Å². The van der Waals surface area contributed by atoms with Gasteiger partial charge in [-0.15, -0.1) is 0 Å². The van der Waals surface area contributed by atoms with Gasteiger partial charge >= 0.3 is 5.97 Å². The summed E-state index contributed by atoms with van der Waals surface area (Å²) in [4.78, 5) is 29.8. The molecule has 0 amide bonds. The summed E-state index contributed by atoms with van der Waals surface area (Å²) in [5.41, 5.74) is 3.60. The van der Waals surface area contributed by atoms with Gasteiger partial charge in [-0.05, 0) is 56.7 Å². The van der Waals surface area contributed by atoms with Crippen molar-refractivity contribution in [1.82, 2.24) is 9.88 Å². The third-order valence-electron chi connectivity index (χ3n) is 8.02. The Bertz CT molecular complexity index is 1330. The van der Waals surface area contributed by atoms with E-state index in [-0.39, 0.29) is 18.0 Å². The van der Waals surface area contributed by atoms with Crippen LogP contribution in [0.15, 0.2) is 36.4 Å².